The number of hydrogen-bond acceptors (Lipinski definition) is 4. The molecule has 0 aromatic heterocycles. The fourth-order valence-electron chi connectivity index (χ4n) is 0.142. The first-order chi connectivity index (χ1) is 4.18. The van der Waals surface area contributed by atoms with Crippen molar-refractivity contribution in [3.63, 3.8) is 0 Å². The molecule has 0 aliphatic heterocycles. The Labute approximate surface area is 69.4 Å². The average Bonchev–Trinajstić information content (AvgIpc) is 1.67. The predicted octanol–water partition coefficient (Wildman–Crippen LogP) is 1.40. The molecular formula is C3H7MoNO2S2. The first-order valence-corrected chi connectivity index (χ1v) is 7.61. The molecule has 0 aromatic rings. The van der Waals surface area contributed by atoms with Gasteiger partial charge in [0.2, 0.25) is 0 Å². The maximum atomic E-state index is 9.60. The summed E-state index contributed by atoms with van der Waals surface area (Å²) in [6.07, 6.45) is -0.711. The van der Waals surface area contributed by atoms with Crippen LogP contribution in [0.15, 0.2) is 0 Å². The molecule has 0 atom stereocenters. The number of carbonyl (C=O) groups is 1. The number of hydrogen-bond donors (Lipinski definition) is 1. The van der Waals surface area contributed by atoms with E-state index < -0.39 is 6.09 Å². The van der Waals surface area contributed by atoms with Gasteiger partial charge in [-0.15, -0.1) is 0 Å². The molecule has 3 nitrogen and oxygen atoms in total. The second-order valence-electron chi connectivity index (χ2n) is 0.820. The number of primary amides is 1. The van der Waals surface area contributed by atoms with Crippen molar-refractivity contribution in [2.24, 2.45) is 5.73 Å². The van der Waals surface area contributed by atoms with Crippen LogP contribution in [0, 0.1) is 0 Å². The Kier molecular flexibility index (Phi) is 15.1. The number of nitrogens with two attached hydrogens (primary N) is 1. The van der Waals surface area contributed by atoms with Crippen molar-refractivity contribution >= 4 is 25.7 Å². The molecule has 0 aromatic carbocycles. The standard InChI is InChI=1S/C3H7NO2.Mo.2S/c1-2-6-3(4)5;;;/h2H2,1H3,(H2,4,5);;;. The average molecular weight is 249 g/mol. The second kappa shape index (κ2) is 11.2. The van der Waals surface area contributed by atoms with Gasteiger partial charge in [-0.25, -0.2) is 4.79 Å². The van der Waals surface area contributed by atoms with Crippen LogP contribution >= 0.6 is 19.6 Å². The van der Waals surface area contributed by atoms with E-state index in [9.17, 15) is 4.79 Å². The van der Waals surface area contributed by atoms with Crippen LogP contribution in [0.2, 0.25) is 0 Å². The quantitative estimate of drug-likeness (QED) is 0.713. The zero-order valence-corrected chi connectivity index (χ0v) is 8.47. The van der Waals surface area contributed by atoms with Crippen molar-refractivity contribution < 1.29 is 24.5 Å². The molecule has 0 radical (unpaired) electrons. The molecule has 0 aliphatic carbocycles. The van der Waals surface area contributed by atoms with E-state index in [1.54, 1.807) is 6.92 Å². The molecule has 0 heterocycles. The summed E-state index contributed by atoms with van der Waals surface area (Å²) in [4.78, 5) is 9.60. The molecule has 0 bridgehead atoms. The summed E-state index contributed by atoms with van der Waals surface area (Å²) in [6.45, 7) is 2.06. The molecule has 1 amide bonds. The summed E-state index contributed by atoms with van der Waals surface area (Å²) >= 11 is -0.363. The minimum atomic E-state index is -0.711. The van der Waals surface area contributed by atoms with E-state index in [4.69, 9.17) is 0 Å². The zero-order chi connectivity index (χ0) is 7.70. The van der Waals surface area contributed by atoms with Crippen molar-refractivity contribution in [2.75, 3.05) is 6.61 Å². The number of amides is 1. The van der Waals surface area contributed by atoms with Crippen LogP contribution in [0.4, 0.5) is 4.79 Å². The first-order valence-electron chi connectivity index (χ1n) is 2.03. The summed E-state index contributed by atoms with van der Waals surface area (Å²) in [5, 5.41) is 0. The van der Waals surface area contributed by atoms with Crippen molar-refractivity contribution in [1.82, 2.24) is 0 Å². The van der Waals surface area contributed by atoms with Crippen LogP contribution in [0.25, 0.3) is 0 Å². The van der Waals surface area contributed by atoms with Gasteiger partial charge in [0.1, 0.15) is 0 Å². The van der Waals surface area contributed by atoms with Gasteiger partial charge in [0.15, 0.2) is 0 Å². The third kappa shape index (κ3) is 29.8. The van der Waals surface area contributed by atoms with Crippen LogP contribution in [-0.2, 0) is 19.7 Å². The van der Waals surface area contributed by atoms with Crippen LogP contribution in [0.3, 0.4) is 0 Å². The van der Waals surface area contributed by atoms with Crippen LogP contribution < -0.4 is 5.73 Å². The summed E-state index contributed by atoms with van der Waals surface area (Å²) in [5.41, 5.74) is 4.54. The van der Waals surface area contributed by atoms with Gasteiger partial charge in [0.25, 0.3) is 0 Å². The van der Waals surface area contributed by atoms with Gasteiger partial charge in [-0.3, -0.25) is 0 Å². The number of ether oxygens (including phenoxy) is 1. The van der Waals surface area contributed by atoms with E-state index in [0.717, 1.165) is 0 Å². The van der Waals surface area contributed by atoms with Crippen LogP contribution in [0.1, 0.15) is 6.92 Å². The fraction of sp³-hybridized carbons (Fsp3) is 0.667. The second-order valence-corrected chi connectivity index (χ2v) is 4.37. The molecule has 0 saturated heterocycles. The Balaban J connectivity index is 0. The molecule has 0 unspecified atom stereocenters. The van der Waals surface area contributed by atoms with Crippen molar-refractivity contribution in [2.45, 2.75) is 6.92 Å². The van der Waals surface area contributed by atoms with E-state index in [-0.39, 0.29) is 14.9 Å². The van der Waals surface area contributed by atoms with Gasteiger partial charge in [0.05, 0.1) is 6.61 Å². The Hall–Kier alpha value is 0.398. The fourth-order valence-corrected chi connectivity index (χ4v) is 0.142. The van der Waals surface area contributed by atoms with E-state index >= 15 is 0 Å². The van der Waals surface area contributed by atoms with Gasteiger partial charge in [-0.05, 0) is 6.92 Å². The van der Waals surface area contributed by atoms with E-state index in [1.807, 2.05) is 0 Å². The van der Waals surface area contributed by atoms with Crippen molar-refractivity contribution in [1.29, 1.82) is 0 Å². The van der Waals surface area contributed by atoms with Gasteiger partial charge < -0.3 is 10.5 Å². The molecule has 2 N–H and O–H groups in total. The van der Waals surface area contributed by atoms with Gasteiger partial charge >= 0.3 is 40.7 Å². The number of carbonyl (C=O) groups excluding carboxylic acids is 1. The molecule has 0 aliphatic rings. The Morgan fingerprint density at radius 2 is 2.11 bits per heavy atom. The van der Waals surface area contributed by atoms with Crippen LogP contribution in [-0.4, -0.2) is 12.7 Å². The van der Waals surface area contributed by atoms with Gasteiger partial charge in [-0.2, -0.15) is 0 Å². The molecule has 54 valence electrons. The predicted molar refractivity (Wildman–Crippen MR) is 36.4 cm³/mol. The monoisotopic (exact) mass is 251 g/mol. The Bertz CT molecular complexity index is 112. The molecule has 6 heteroatoms. The van der Waals surface area contributed by atoms with Gasteiger partial charge in [0, 0.05) is 0 Å². The zero-order valence-electron chi connectivity index (χ0n) is 4.83. The summed E-state index contributed by atoms with van der Waals surface area (Å²) in [6, 6.07) is 0. The summed E-state index contributed by atoms with van der Waals surface area (Å²) in [5.74, 6) is 0. The normalized spacial score (nSPS) is 6.33. The molecule has 0 spiro atoms. The van der Waals surface area contributed by atoms with E-state index in [2.05, 4.69) is 30.1 Å². The van der Waals surface area contributed by atoms with E-state index in [1.165, 1.54) is 0 Å². The van der Waals surface area contributed by atoms with Crippen molar-refractivity contribution in [3.8, 4) is 0 Å². The first kappa shape index (κ1) is 12.1. The molecule has 0 rings (SSSR count). The molecular weight excluding hydrogens is 242 g/mol. The van der Waals surface area contributed by atoms with Crippen molar-refractivity contribution in [3.05, 3.63) is 0 Å². The van der Waals surface area contributed by atoms with E-state index in [0.29, 0.717) is 6.61 Å². The maximum absolute atomic E-state index is 9.60. The molecule has 0 saturated carbocycles. The van der Waals surface area contributed by atoms with Gasteiger partial charge in [-0.1, -0.05) is 0 Å². The topological polar surface area (TPSA) is 52.3 Å². The number of rotatable bonds is 1. The minimum absolute atomic E-state index is 0.356. The van der Waals surface area contributed by atoms with Crippen LogP contribution in [0.5, 0.6) is 0 Å². The Morgan fingerprint density at radius 1 is 1.78 bits per heavy atom. The summed E-state index contributed by atoms with van der Waals surface area (Å²) in [7, 11) is 8.68. The Morgan fingerprint density at radius 3 is 2.11 bits per heavy atom. The third-order valence-corrected chi connectivity index (χ3v) is 0.287. The molecule has 0 fully saturated rings. The molecule has 9 heavy (non-hydrogen) atoms. The third-order valence-electron chi connectivity index (χ3n) is 0.287. The summed E-state index contributed by atoms with van der Waals surface area (Å²) < 4.78 is 4.18. The SMILES string of the molecule is CCOC(N)=O.[S]=[Mo]=[S].